The van der Waals surface area contributed by atoms with Crippen LogP contribution in [0.2, 0.25) is 0 Å². The molecule has 4 heterocycles. The molecule has 3 aliphatic rings. The van der Waals surface area contributed by atoms with Crippen molar-refractivity contribution in [2.75, 3.05) is 26.3 Å². The topological polar surface area (TPSA) is 76.6 Å². The molecule has 224 valence electrons. The maximum atomic E-state index is 14.1. The molecule has 2 unspecified atom stereocenters. The zero-order chi connectivity index (χ0) is 29.0. The van der Waals surface area contributed by atoms with Crippen LogP contribution in [0.5, 0.6) is 0 Å². The molecule has 1 aromatic heterocycles. The lowest BCUT2D eigenvalue weighted by Gasteiger charge is -2.36. The third-order valence-electron chi connectivity index (χ3n) is 8.57. The zero-order valence-electron chi connectivity index (χ0n) is 23.3. The van der Waals surface area contributed by atoms with Crippen molar-refractivity contribution >= 4 is 5.91 Å². The maximum absolute atomic E-state index is 14.1. The number of carbonyl (C=O) groups excluding carboxylic acids is 1. The average Bonchev–Trinajstić information content (AvgIpc) is 2.98. The van der Waals surface area contributed by atoms with E-state index in [-0.39, 0.29) is 36.8 Å². The first-order valence-electron chi connectivity index (χ1n) is 14.6. The van der Waals surface area contributed by atoms with E-state index in [0.717, 1.165) is 61.1 Å². The van der Waals surface area contributed by atoms with E-state index >= 15 is 0 Å². The van der Waals surface area contributed by atoms with Gasteiger partial charge in [0.2, 0.25) is 0 Å². The Kier molecular flexibility index (Phi) is 9.56. The van der Waals surface area contributed by atoms with Crippen LogP contribution < -0.4 is 5.32 Å². The number of ether oxygens (including phenoxy) is 2. The van der Waals surface area contributed by atoms with Crippen molar-refractivity contribution in [1.29, 1.82) is 0 Å². The zero-order valence-corrected chi connectivity index (χ0v) is 23.3. The molecule has 3 saturated heterocycles. The maximum Gasteiger partial charge on any atom is 0.416 e. The highest BCUT2D eigenvalue weighted by Crippen LogP contribution is 2.35. The van der Waals surface area contributed by atoms with Gasteiger partial charge in [-0.2, -0.15) is 13.2 Å². The number of amides is 1. The molecule has 0 spiro atoms. The van der Waals surface area contributed by atoms with Crippen molar-refractivity contribution in [2.45, 2.75) is 94.9 Å². The van der Waals surface area contributed by atoms with Gasteiger partial charge < -0.3 is 19.7 Å². The molecule has 1 amide bonds. The molecule has 0 radical (unpaired) electrons. The molecule has 11 heteroatoms. The van der Waals surface area contributed by atoms with Crippen molar-refractivity contribution in [3.8, 4) is 0 Å². The van der Waals surface area contributed by atoms with Crippen LogP contribution in [0.3, 0.4) is 0 Å². The summed E-state index contributed by atoms with van der Waals surface area (Å²) in [6.45, 7) is 3.73. The Bertz CT molecular complexity index is 1170. The van der Waals surface area contributed by atoms with E-state index in [1.165, 1.54) is 18.5 Å². The number of nitrogens with zero attached hydrogens (tertiary/aromatic N) is 3. The van der Waals surface area contributed by atoms with Crippen molar-refractivity contribution in [2.24, 2.45) is 0 Å². The minimum atomic E-state index is -4.36. The average molecular weight is 579 g/mol. The molecular formula is C30H38F4N4O3. The number of halogens is 4. The number of carbonyl (C=O) groups is 1. The van der Waals surface area contributed by atoms with Crippen LogP contribution in [0, 0.1) is 6.92 Å². The first-order chi connectivity index (χ1) is 19.7. The predicted molar refractivity (Wildman–Crippen MR) is 144 cm³/mol. The Morgan fingerprint density at radius 3 is 2.54 bits per heavy atom. The van der Waals surface area contributed by atoms with Gasteiger partial charge in [0.25, 0.3) is 5.91 Å². The number of aryl methyl sites for hydroxylation is 1. The Morgan fingerprint density at radius 2 is 1.83 bits per heavy atom. The molecule has 1 N–H and O–H groups in total. The van der Waals surface area contributed by atoms with Gasteiger partial charge in [-0.25, -0.2) is 14.4 Å². The SMILES string of the molecule is Cc1c(CC[C@H]2CCC[C@@H](c3ccc(C(F)(F)F)cc3)O2)ncnc1C(=O)N1CCC(NC2CCOCC2F)CC1. The lowest BCUT2D eigenvalue weighted by atomic mass is 9.95. The highest BCUT2D eigenvalue weighted by molar-refractivity contribution is 5.93. The Hall–Kier alpha value is -2.63. The standard InChI is InChI=1S/C30H38F4N4O3/c1-19-25(10-9-23-3-2-4-27(41-23)20-5-7-21(8-6-20)30(32,33)34)35-18-36-28(19)29(39)38-14-11-22(12-15-38)37-26-13-16-40-17-24(26)31/h5-8,18,22-24,26-27,37H,2-4,9-17H2,1H3/t23-,24?,26?,27+/m1/s1. The van der Waals surface area contributed by atoms with Gasteiger partial charge in [-0.1, -0.05) is 12.1 Å². The number of aromatic nitrogens is 2. The quantitative estimate of drug-likeness (QED) is 0.446. The largest absolute Gasteiger partial charge is 0.416 e. The molecule has 3 fully saturated rings. The van der Waals surface area contributed by atoms with E-state index in [4.69, 9.17) is 9.47 Å². The fraction of sp³-hybridized carbons (Fsp3) is 0.633. The molecule has 3 aliphatic heterocycles. The third-order valence-corrected chi connectivity index (χ3v) is 8.57. The van der Waals surface area contributed by atoms with Crippen LogP contribution in [0.4, 0.5) is 17.6 Å². The molecule has 5 rings (SSSR count). The summed E-state index contributed by atoms with van der Waals surface area (Å²) >= 11 is 0. The minimum absolute atomic E-state index is 0.0456. The van der Waals surface area contributed by atoms with E-state index in [1.54, 1.807) is 0 Å². The van der Waals surface area contributed by atoms with Gasteiger partial charge in [0.1, 0.15) is 18.2 Å². The first-order valence-corrected chi connectivity index (χ1v) is 14.6. The monoisotopic (exact) mass is 578 g/mol. The summed E-state index contributed by atoms with van der Waals surface area (Å²) in [6.07, 6.45) is 1.83. The summed E-state index contributed by atoms with van der Waals surface area (Å²) in [4.78, 5) is 23.9. The summed E-state index contributed by atoms with van der Waals surface area (Å²) in [7, 11) is 0. The summed E-state index contributed by atoms with van der Waals surface area (Å²) in [5, 5.41) is 3.42. The number of hydrogen-bond donors (Lipinski definition) is 1. The van der Waals surface area contributed by atoms with Gasteiger partial charge in [-0.15, -0.1) is 0 Å². The second kappa shape index (κ2) is 13.1. The molecule has 0 saturated carbocycles. The van der Waals surface area contributed by atoms with Crippen LogP contribution in [0.25, 0.3) is 0 Å². The molecule has 0 bridgehead atoms. The molecule has 2 aromatic rings. The second-order valence-corrected chi connectivity index (χ2v) is 11.3. The lowest BCUT2D eigenvalue weighted by molar-refractivity contribution is -0.137. The lowest BCUT2D eigenvalue weighted by Crippen LogP contribution is -2.52. The van der Waals surface area contributed by atoms with Crippen molar-refractivity contribution in [3.05, 3.63) is 58.7 Å². The fourth-order valence-electron chi connectivity index (χ4n) is 6.09. The molecule has 4 atom stereocenters. The number of nitrogens with one attached hydrogen (secondary N) is 1. The number of alkyl halides is 4. The number of likely N-dealkylation sites (tertiary alicyclic amines) is 1. The van der Waals surface area contributed by atoms with E-state index in [0.29, 0.717) is 44.7 Å². The van der Waals surface area contributed by atoms with Crippen LogP contribution in [-0.2, 0) is 22.1 Å². The van der Waals surface area contributed by atoms with Crippen molar-refractivity contribution in [3.63, 3.8) is 0 Å². The normalized spacial score (nSPS) is 26.2. The van der Waals surface area contributed by atoms with Gasteiger partial charge in [0.05, 0.1) is 24.4 Å². The Morgan fingerprint density at radius 1 is 1.07 bits per heavy atom. The molecule has 41 heavy (non-hydrogen) atoms. The number of hydrogen-bond acceptors (Lipinski definition) is 6. The van der Waals surface area contributed by atoms with Gasteiger partial charge >= 0.3 is 6.18 Å². The van der Waals surface area contributed by atoms with Gasteiger partial charge in [-0.3, -0.25) is 4.79 Å². The van der Waals surface area contributed by atoms with Crippen LogP contribution in [-0.4, -0.2) is 71.4 Å². The summed E-state index contributed by atoms with van der Waals surface area (Å²) in [5.74, 6) is -0.115. The van der Waals surface area contributed by atoms with Gasteiger partial charge in [-0.05, 0) is 76.0 Å². The van der Waals surface area contributed by atoms with Gasteiger partial charge in [0.15, 0.2) is 0 Å². The molecular weight excluding hydrogens is 540 g/mol. The van der Waals surface area contributed by atoms with Crippen molar-refractivity contribution in [1.82, 2.24) is 20.2 Å². The number of piperidine rings is 1. The van der Waals surface area contributed by atoms with E-state index in [1.807, 2.05) is 11.8 Å². The first kappa shape index (κ1) is 29.8. The Labute approximate surface area is 238 Å². The highest BCUT2D eigenvalue weighted by atomic mass is 19.4. The highest BCUT2D eigenvalue weighted by Gasteiger charge is 2.32. The van der Waals surface area contributed by atoms with E-state index in [2.05, 4.69) is 15.3 Å². The summed E-state index contributed by atoms with van der Waals surface area (Å²) in [6, 6.07) is 5.20. The minimum Gasteiger partial charge on any atom is -0.378 e. The molecule has 1 aromatic carbocycles. The van der Waals surface area contributed by atoms with Crippen LogP contribution in [0.15, 0.2) is 30.6 Å². The molecule has 7 nitrogen and oxygen atoms in total. The number of rotatable bonds is 7. The van der Waals surface area contributed by atoms with Crippen LogP contribution >= 0.6 is 0 Å². The summed E-state index contributed by atoms with van der Waals surface area (Å²) in [5.41, 5.74) is 2.06. The fourth-order valence-corrected chi connectivity index (χ4v) is 6.09. The smallest absolute Gasteiger partial charge is 0.378 e. The van der Waals surface area contributed by atoms with E-state index < -0.39 is 17.9 Å². The van der Waals surface area contributed by atoms with Crippen molar-refractivity contribution < 1.29 is 31.8 Å². The number of benzene rings is 1. The second-order valence-electron chi connectivity index (χ2n) is 11.3. The van der Waals surface area contributed by atoms with E-state index in [9.17, 15) is 22.4 Å². The van der Waals surface area contributed by atoms with Gasteiger partial charge in [0, 0.05) is 43.0 Å². The third kappa shape index (κ3) is 7.42. The summed E-state index contributed by atoms with van der Waals surface area (Å²) < 4.78 is 64.4. The molecule has 0 aliphatic carbocycles. The van der Waals surface area contributed by atoms with Crippen LogP contribution in [0.1, 0.15) is 83.9 Å². The predicted octanol–water partition coefficient (Wildman–Crippen LogP) is 5.37. The Balaban J connectivity index is 1.13.